The van der Waals surface area contributed by atoms with Gasteiger partial charge in [-0.25, -0.2) is 13.1 Å². The van der Waals surface area contributed by atoms with Crippen LogP contribution in [0.1, 0.15) is 24.8 Å². The van der Waals surface area contributed by atoms with Crippen LogP contribution in [-0.4, -0.2) is 56.1 Å². The molecule has 1 saturated heterocycles. The van der Waals surface area contributed by atoms with Gasteiger partial charge < -0.3 is 5.32 Å². The van der Waals surface area contributed by atoms with E-state index in [4.69, 9.17) is 0 Å². The monoisotopic (exact) mass is 340 g/mol. The molecule has 0 radical (unpaired) electrons. The summed E-state index contributed by atoms with van der Waals surface area (Å²) in [4.78, 5) is 18.3. The number of amides is 1. The van der Waals surface area contributed by atoms with E-state index < -0.39 is 10.0 Å². The molecule has 1 aliphatic rings. The Morgan fingerprint density at radius 1 is 1.48 bits per heavy atom. The first-order valence-corrected chi connectivity index (χ1v) is 9.67. The van der Waals surface area contributed by atoms with E-state index in [2.05, 4.69) is 19.9 Å². The Balaban J connectivity index is 1.74. The fraction of sp³-hybridized carbons (Fsp3) is 0.600. The van der Waals surface area contributed by atoms with E-state index in [0.29, 0.717) is 0 Å². The molecule has 0 saturated carbocycles. The van der Waals surface area contributed by atoms with E-state index in [9.17, 15) is 13.2 Å². The van der Waals surface area contributed by atoms with Gasteiger partial charge in [-0.1, -0.05) is 6.07 Å². The molecular weight excluding hydrogens is 316 g/mol. The predicted molar refractivity (Wildman–Crippen MR) is 88.1 cm³/mol. The summed E-state index contributed by atoms with van der Waals surface area (Å²) in [6, 6.07) is 4.09. The van der Waals surface area contributed by atoms with Crippen LogP contribution in [0, 0.1) is 0 Å². The van der Waals surface area contributed by atoms with Gasteiger partial charge >= 0.3 is 0 Å². The predicted octanol–water partition coefficient (Wildman–Crippen LogP) is 0.102. The summed E-state index contributed by atoms with van der Waals surface area (Å²) in [7, 11) is -3.24. The van der Waals surface area contributed by atoms with E-state index in [1.54, 1.807) is 6.20 Å². The van der Waals surface area contributed by atoms with E-state index >= 15 is 0 Å². The number of nitrogens with zero attached hydrogens (tertiary/aromatic N) is 2. The van der Waals surface area contributed by atoms with Gasteiger partial charge in [0.2, 0.25) is 15.9 Å². The Morgan fingerprint density at radius 3 is 3.00 bits per heavy atom. The maximum absolute atomic E-state index is 11.9. The lowest BCUT2D eigenvalue weighted by Crippen LogP contribution is -2.47. The lowest BCUT2D eigenvalue weighted by atomic mass is 10.0. The lowest BCUT2D eigenvalue weighted by Gasteiger charge is -2.33. The van der Waals surface area contributed by atoms with E-state index in [0.717, 1.165) is 44.3 Å². The molecule has 2 rings (SSSR count). The molecule has 2 N–H and O–H groups in total. The highest BCUT2D eigenvalue weighted by Crippen LogP contribution is 2.13. The fourth-order valence-corrected chi connectivity index (χ4v) is 3.19. The first-order chi connectivity index (χ1) is 10.9. The van der Waals surface area contributed by atoms with Crippen LogP contribution in [-0.2, 0) is 21.4 Å². The number of carbonyl (C=O) groups excluding carboxylic acids is 1. The third kappa shape index (κ3) is 7.06. The number of piperidine rings is 1. The van der Waals surface area contributed by atoms with E-state index in [1.807, 2.05) is 18.3 Å². The smallest absolute Gasteiger partial charge is 0.221 e. The summed E-state index contributed by atoms with van der Waals surface area (Å²) in [5, 5.41) is 2.99. The van der Waals surface area contributed by atoms with Crippen molar-refractivity contribution in [2.24, 2.45) is 0 Å². The first kappa shape index (κ1) is 17.8. The van der Waals surface area contributed by atoms with Crippen molar-refractivity contribution in [2.75, 3.05) is 25.9 Å². The molecule has 23 heavy (non-hydrogen) atoms. The van der Waals surface area contributed by atoms with Crippen LogP contribution in [0.4, 0.5) is 0 Å². The van der Waals surface area contributed by atoms with Crippen LogP contribution >= 0.6 is 0 Å². The number of carbonyl (C=O) groups is 1. The van der Waals surface area contributed by atoms with Gasteiger partial charge in [-0.15, -0.1) is 0 Å². The summed E-state index contributed by atoms with van der Waals surface area (Å²) in [6.07, 6.45) is 6.85. The Morgan fingerprint density at radius 2 is 2.30 bits per heavy atom. The molecule has 1 aliphatic heterocycles. The van der Waals surface area contributed by atoms with Crippen molar-refractivity contribution in [1.82, 2.24) is 19.9 Å². The number of likely N-dealkylation sites (tertiary alicyclic amines) is 1. The minimum atomic E-state index is -3.24. The molecule has 1 atom stereocenters. The number of hydrogen-bond donors (Lipinski definition) is 2. The number of sulfonamides is 1. The molecule has 0 aromatic carbocycles. The first-order valence-electron chi connectivity index (χ1n) is 7.77. The fourth-order valence-electron chi connectivity index (χ4n) is 2.72. The van der Waals surface area contributed by atoms with Crippen LogP contribution in [0.2, 0.25) is 0 Å². The van der Waals surface area contributed by atoms with Crippen molar-refractivity contribution in [3.63, 3.8) is 0 Å². The van der Waals surface area contributed by atoms with Gasteiger partial charge in [-0.2, -0.15) is 0 Å². The summed E-state index contributed by atoms with van der Waals surface area (Å²) >= 11 is 0. The average Bonchev–Trinajstić information content (AvgIpc) is 2.47. The minimum absolute atomic E-state index is 0.116. The summed E-state index contributed by atoms with van der Waals surface area (Å²) < 4.78 is 24.3. The second kappa shape index (κ2) is 8.37. The highest BCUT2D eigenvalue weighted by atomic mass is 32.2. The van der Waals surface area contributed by atoms with Gasteiger partial charge in [0, 0.05) is 44.5 Å². The van der Waals surface area contributed by atoms with Gasteiger partial charge in [0.1, 0.15) is 0 Å². The van der Waals surface area contributed by atoms with Crippen molar-refractivity contribution >= 4 is 15.9 Å². The molecule has 1 aromatic rings. The Labute approximate surface area is 137 Å². The topological polar surface area (TPSA) is 91.4 Å². The molecule has 1 fully saturated rings. The van der Waals surface area contributed by atoms with Crippen LogP contribution in [0.3, 0.4) is 0 Å². The third-order valence-electron chi connectivity index (χ3n) is 3.72. The van der Waals surface area contributed by atoms with Gasteiger partial charge in [-0.05, 0) is 31.0 Å². The molecule has 2 heterocycles. The minimum Gasteiger partial charge on any atom is -0.352 e. The molecule has 0 bridgehead atoms. The van der Waals surface area contributed by atoms with Crippen molar-refractivity contribution in [1.29, 1.82) is 0 Å². The number of rotatable bonds is 7. The Bertz CT molecular complexity index is 606. The molecule has 128 valence electrons. The van der Waals surface area contributed by atoms with Crippen LogP contribution in [0.25, 0.3) is 0 Å². The Hall–Kier alpha value is -1.51. The zero-order valence-corrected chi connectivity index (χ0v) is 14.2. The average molecular weight is 340 g/mol. The zero-order valence-electron chi connectivity index (χ0n) is 13.4. The van der Waals surface area contributed by atoms with Crippen LogP contribution < -0.4 is 10.0 Å². The molecule has 8 heteroatoms. The van der Waals surface area contributed by atoms with E-state index in [-0.39, 0.29) is 24.9 Å². The lowest BCUT2D eigenvalue weighted by molar-refractivity contribution is -0.122. The van der Waals surface area contributed by atoms with Crippen molar-refractivity contribution in [3.8, 4) is 0 Å². The van der Waals surface area contributed by atoms with E-state index in [1.165, 1.54) is 0 Å². The standard InChI is InChI=1S/C15H24N4O3S/c1-23(21,22)17-8-6-15(20)18-14-5-3-9-19(12-14)11-13-4-2-7-16-10-13/h2,4,7,10,14,17H,3,5-6,8-9,11-12H2,1H3,(H,18,20). The number of nitrogens with one attached hydrogen (secondary N) is 2. The van der Waals surface area contributed by atoms with Crippen molar-refractivity contribution in [3.05, 3.63) is 30.1 Å². The molecule has 1 aromatic heterocycles. The molecule has 7 nitrogen and oxygen atoms in total. The maximum atomic E-state index is 11.9. The second-order valence-corrected chi connectivity index (χ2v) is 7.75. The van der Waals surface area contributed by atoms with Crippen LogP contribution in [0.5, 0.6) is 0 Å². The van der Waals surface area contributed by atoms with Gasteiger partial charge in [0.15, 0.2) is 0 Å². The van der Waals surface area contributed by atoms with Crippen LogP contribution in [0.15, 0.2) is 24.5 Å². The molecular formula is C15H24N4O3S. The number of aromatic nitrogens is 1. The molecule has 1 unspecified atom stereocenters. The SMILES string of the molecule is CS(=O)(=O)NCCC(=O)NC1CCCN(Cc2cccnc2)C1. The van der Waals surface area contributed by atoms with Crippen molar-refractivity contribution in [2.45, 2.75) is 31.8 Å². The highest BCUT2D eigenvalue weighted by molar-refractivity contribution is 7.88. The van der Waals surface area contributed by atoms with Gasteiger partial charge in [0.25, 0.3) is 0 Å². The van der Waals surface area contributed by atoms with Gasteiger partial charge in [0.05, 0.1) is 6.26 Å². The summed E-state index contributed by atoms with van der Waals surface area (Å²) in [5.74, 6) is -0.116. The summed E-state index contributed by atoms with van der Waals surface area (Å²) in [6.45, 7) is 2.78. The number of pyridine rings is 1. The quantitative estimate of drug-likeness (QED) is 0.735. The third-order valence-corrected chi connectivity index (χ3v) is 4.44. The number of hydrogen-bond acceptors (Lipinski definition) is 5. The van der Waals surface area contributed by atoms with Crippen molar-refractivity contribution < 1.29 is 13.2 Å². The van der Waals surface area contributed by atoms with Gasteiger partial charge in [-0.3, -0.25) is 14.7 Å². The highest BCUT2D eigenvalue weighted by Gasteiger charge is 2.21. The second-order valence-electron chi connectivity index (χ2n) is 5.92. The Kier molecular flexibility index (Phi) is 6.49. The normalized spacial score (nSPS) is 19.4. The summed E-state index contributed by atoms with van der Waals surface area (Å²) in [5.41, 5.74) is 1.16. The molecule has 1 amide bonds. The zero-order chi connectivity index (χ0) is 16.7. The molecule has 0 spiro atoms. The molecule has 0 aliphatic carbocycles. The largest absolute Gasteiger partial charge is 0.352 e. The maximum Gasteiger partial charge on any atom is 0.221 e.